The zero-order chi connectivity index (χ0) is 15.7. The first-order valence-electron chi connectivity index (χ1n) is 6.81. The van der Waals surface area contributed by atoms with Gasteiger partial charge in [-0.3, -0.25) is 9.69 Å². The molecule has 6 heteroatoms. The van der Waals surface area contributed by atoms with Gasteiger partial charge in [0.2, 0.25) is 5.91 Å². The number of thiophene rings is 1. The van der Waals surface area contributed by atoms with Gasteiger partial charge >= 0.3 is 5.97 Å². The predicted molar refractivity (Wildman–Crippen MR) is 89.1 cm³/mol. The Labute approximate surface area is 140 Å². The lowest BCUT2D eigenvalue weighted by Crippen LogP contribution is -2.41. The lowest BCUT2D eigenvalue weighted by Gasteiger charge is -2.26. The Morgan fingerprint density at radius 3 is 2.73 bits per heavy atom. The molecule has 1 aliphatic rings. The molecular formula is C16H14BrNO3S. The molecule has 1 aromatic carbocycles. The van der Waals surface area contributed by atoms with Crippen LogP contribution in [0.15, 0.2) is 46.3 Å². The highest BCUT2D eigenvalue weighted by molar-refractivity contribution is 9.10. The van der Waals surface area contributed by atoms with Crippen molar-refractivity contribution in [3.8, 4) is 0 Å². The fourth-order valence-corrected chi connectivity index (χ4v) is 4.15. The van der Waals surface area contributed by atoms with E-state index in [-0.39, 0.29) is 17.8 Å². The molecule has 0 bridgehead atoms. The molecule has 2 heterocycles. The summed E-state index contributed by atoms with van der Waals surface area (Å²) in [5.74, 6) is -0.632. The number of anilines is 1. The van der Waals surface area contributed by atoms with E-state index in [1.54, 1.807) is 16.2 Å². The number of carbonyl (C=O) groups excluding carboxylic acids is 2. The second-order valence-corrected chi connectivity index (χ2v) is 6.84. The van der Waals surface area contributed by atoms with Crippen LogP contribution >= 0.6 is 27.3 Å². The Balaban J connectivity index is 2.06. The molecule has 0 spiro atoms. The van der Waals surface area contributed by atoms with Gasteiger partial charge in [0.15, 0.2) is 0 Å². The van der Waals surface area contributed by atoms with Crippen LogP contribution in [0.1, 0.15) is 17.2 Å². The zero-order valence-corrected chi connectivity index (χ0v) is 14.3. The van der Waals surface area contributed by atoms with Gasteiger partial charge in [0, 0.05) is 21.7 Å². The first-order valence-corrected chi connectivity index (χ1v) is 8.48. The number of amides is 1. The van der Waals surface area contributed by atoms with Gasteiger partial charge in [-0.05, 0) is 39.5 Å². The van der Waals surface area contributed by atoms with Crippen molar-refractivity contribution in [2.45, 2.75) is 18.4 Å². The summed E-state index contributed by atoms with van der Waals surface area (Å²) < 4.78 is 5.74. The van der Waals surface area contributed by atoms with Crippen LogP contribution in [-0.2, 0) is 14.3 Å². The minimum atomic E-state index is -0.630. The van der Waals surface area contributed by atoms with E-state index in [0.717, 1.165) is 9.35 Å². The van der Waals surface area contributed by atoms with Crippen LogP contribution < -0.4 is 4.90 Å². The molecule has 1 saturated heterocycles. The van der Waals surface area contributed by atoms with Crippen LogP contribution in [0.4, 0.5) is 5.69 Å². The van der Waals surface area contributed by atoms with Crippen molar-refractivity contribution in [1.29, 1.82) is 0 Å². The van der Waals surface area contributed by atoms with Crippen LogP contribution in [0.2, 0.25) is 0 Å². The van der Waals surface area contributed by atoms with E-state index in [1.165, 1.54) is 7.11 Å². The molecule has 1 aromatic heterocycles. The molecule has 4 nitrogen and oxygen atoms in total. The Kier molecular flexibility index (Phi) is 4.31. The number of halogens is 1. The predicted octanol–water partition coefficient (Wildman–Crippen LogP) is 3.57. The van der Waals surface area contributed by atoms with Crippen molar-refractivity contribution in [3.05, 3.63) is 51.1 Å². The Morgan fingerprint density at radius 1 is 1.32 bits per heavy atom. The van der Waals surface area contributed by atoms with E-state index in [9.17, 15) is 9.59 Å². The van der Waals surface area contributed by atoms with E-state index >= 15 is 0 Å². The van der Waals surface area contributed by atoms with Crippen LogP contribution in [0.5, 0.6) is 0 Å². The maximum atomic E-state index is 12.6. The molecule has 1 amide bonds. The van der Waals surface area contributed by atoms with Crippen molar-refractivity contribution >= 4 is 44.8 Å². The van der Waals surface area contributed by atoms with Crippen LogP contribution in [0, 0.1) is 0 Å². The number of carbonyl (C=O) groups is 2. The first-order chi connectivity index (χ1) is 10.6. The molecule has 1 aliphatic heterocycles. The molecule has 0 saturated carbocycles. The van der Waals surface area contributed by atoms with E-state index in [2.05, 4.69) is 15.9 Å². The number of methoxy groups -OCH3 is 1. The number of benzene rings is 1. The summed E-state index contributed by atoms with van der Waals surface area (Å²) in [6.45, 7) is 0. The number of ether oxygens (including phenoxy) is 1. The Hall–Kier alpha value is -1.66. The van der Waals surface area contributed by atoms with Gasteiger partial charge in [-0.25, -0.2) is 4.79 Å². The monoisotopic (exact) mass is 379 g/mol. The van der Waals surface area contributed by atoms with E-state index < -0.39 is 6.04 Å². The summed E-state index contributed by atoms with van der Waals surface area (Å²) in [5.41, 5.74) is 0.696. The van der Waals surface area contributed by atoms with Gasteiger partial charge in [0.1, 0.15) is 6.04 Å². The van der Waals surface area contributed by atoms with Gasteiger partial charge < -0.3 is 4.74 Å². The van der Waals surface area contributed by atoms with Gasteiger partial charge in [0.25, 0.3) is 0 Å². The third kappa shape index (κ3) is 2.57. The topological polar surface area (TPSA) is 46.6 Å². The SMILES string of the molecule is COC(=O)[C@H]1[C@@H](c2cccs2)CC(=O)N1c1ccccc1Br. The Morgan fingerprint density at radius 2 is 2.09 bits per heavy atom. The molecule has 2 aromatic rings. The zero-order valence-electron chi connectivity index (χ0n) is 11.9. The average Bonchev–Trinajstić information content (AvgIpc) is 3.14. The largest absolute Gasteiger partial charge is 0.467 e. The fraction of sp³-hybridized carbons (Fsp3) is 0.250. The highest BCUT2D eigenvalue weighted by Crippen LogP contribution is 2.41. The third-order valence-corrected chi connectivity index (χ3v) is 5.46. The van der Waals surface area contributed by atoms with Crippen molar-refractivity contribution in [2.75, 3.05) is 12.0 Å². The average molecular weight is 380 g/mol. The molecule has 114 valence electrons. The molecule has 2 atom stereocenters. The lowest BCUT2D eigenvalue weighted by molar-refractivity contribution is -0.142. The van der Waals surface area contributed by atoms with Crippen LogP contribution in [0.3, 0.4) is 0 Å². The smallest absolute Gasteiger partial charge is 0.329 e. The number of para-hydroxylation sites is 1. The lowest BCUT2D eigenvalue weighted by atomic mass is 9.98. The fourth-order valence-electron chi connectivity index (χ4n) is 2.81. The van der Waals surface area contributed by atoms with E-state index in [0.29, 0.717) is 12.1 Å². The van der Waals surface area contributed by atoms with E-state index in [4.69, 9.17) is 4.74 Å². The summed E-state index contributed by atoms with van der Waals surface area (Å²) in [7, 11) is 1.36. The standard InChI is InChI=1S/C16H14BrNO3S/c1-21-16(20)15-10(13-7-4-8-22-13)9-14(19)18(15)12-6-3-2-5-11(12)17/h2-8,10,15H,9H2,1H3/t10-,15-/m1/s1. The molecule has 0 aliphatic carbocycles. The Bertz CT molecular complexity index is 701. The highest BCUT2D eigenvalue weighted by Gasteiger charge is 2.47. The second kappa shape index (κ2) is 6.22. The maximum absolute atomic E-state index is 12.6. The van der Waals surface area contributed by atoms with Crippen LogP contribution in [0.25, 0.3) is 0 Å². The summed E-state index contributed by atoms with van der Waals surface area (Å²) in [4.78, 5) is 27.5. The minimum absolute atomic E-state index is 0.0688. The first kappa shape index (κ1) is 15.2. The van der Waals surface area contributed by atoms with Gasteiger partial charge in [-0.2, -0.15) is 0 Å². The van der Waals surface area contributed by atoms with Crippen molar-refractivity contribution in [1.82, 2.24) is 0 Å². The van der Waals surface area contributed by atoms with Gasteiger partial charge in [0.05, 0.1) is 12.8 Å². The van der Waals surface area contributed by atoms with Crippen molar-refractivity contribution < 1.29 is 14.3 Å². The normalized spacial score (nSPS) is 21.2. The number of hydrogen-bond donors (Lipinski definition) is 0. The minimum Gasteiger partial charge on any atom is -0.467 e. The highest BCUT2D eigenvalue weighted by atomic mass is 79.9. The second-order valence-electron chi connectivity index (χ2n) is 5.01. The number of rotatable bonds is 3. The summed E-state index contributed by atoms with van der Waals surface area (Å²) in [5, 5.41) is 1.95. The third-order valence-electron chi connectivity index (χ3n) is 3.79. The molecular weight excluding hydrogens is 366 g/mol. The van der Waals surface area contributed by atoms with Gasteiger partial charge in [-0.15, -0.1) is 11.3 Å². The van der Waals surface area contributed by atoms with Crippen molar-refractivity contribution in [2.24, 2.45) is 0 Å². The quantitative estimate of drug-likeness (QED) is 0.765. The van der Waals surface area contributed by atoms with Crippen molar-refractivity contribution in [3.63, 3.8) is 0 Å². The van der Waals surface area contributed by atoms with Gasteiger partial charge in [-0.1, -0.05) is 18.2 Å². The molecule has 0 radical (unpaired) electrons. The summed E-state index contributed by atoms with van der Waals surface area (Å²) >= 11 is 5.01. The van der Waals surface area contributed by atoms with Crippen LogP contribution in [-0.4, -0.2) is 25.0 Å². The molecule has 0 N–H and O–H groups in total. The molecule has 22 heavy (non-hydrogen) atoms. The van der Waals surface area contributed by atoms with E-state index in [1.807, 2.05) is 41.8 Å². The number of nitrogens with zero attached hydrogens (tertiary/aromatic N) is 1. The summed E-state index contributed by atoms with van der Waals surface area (Å²) in [6, 6.07) is 10.7. The maximum Gasteiger partial charge on any atom is 0.329 e. The molecule has 1 fully saturated rings. The molecule has 0 unspecified atom stereocenters. The number of esters is 1. The molecule has 3 rings (SSSR count). The summed E-state index contributed by atoms with van der Waals surface area (Å²) in [6.07, 6.45) is 0.307. The number of hydrogen-bond acceptors (Lipinski definition) is 4.